The number of nitrogens with zero attached hydrogens (tertiary/aromatic N) is 1. The highest BCUT2D eigenvalue weighted by Gasteiger charge is 2.16. The number of aromatic amines is 1. The first kappa shape index (κ1) is 16.5. The van der Waals surface area contributed by atoms with E-state index in [-0.39, 0.29) is 11.5 Å². The summed E-state index contributed by atoms with van der Waals surface area (Å²) in [6.07, 6.45) is 0. The number of hydrogen-bond acceptors (Lipinski definition) is 4. The number of aromatic nitrogens is 2. The van der Waals surface area contributed by atoms with E-state index in [4.69, 9.17) is 11.6 Å². The minimum atomic E-state index is -0.426. The Balaban J connectivity index is 1.74. The van der Waals surface area contributed by atoms with E-state index in [2.05, 4.69) is 15.3 Å². The molecule has 122 valence electrons. The molecule has 2 N–H and O–H groups in total. The van der Waals surface area contributed by atoms with Crippen LogP contribution in [0.25, 0.3) is 10.9 Å². The first-order valence-corrected chi connectivity index (χ1v) is 8.51. The summed E-state index contributed by atoms with van der Waals surface area (Å²) in [6, 6.07) is 14.0. The van der Waals surface area contributed by atoms with Gasteiger partial charge in [-0.2, -0.15) is 0 Å². The van der Waals surface area contributed by atoms with Crippen LogP contribution in [-0.2, 0) is 4.79 Å². The lowest BCUT2D eigenvalue weighted by molar-refractivity contribution is -0.115. The monoisotopic (exact) mass is 359 g/mol. The van der Waals surface area contributed by atoms with Gasteiger partial charge in [0.25, 0.3) is 5.56 Å². The molecule has 1 unspecified atom stereocenters. The predicted octanol–water partition coefficient (Wildman–Crippen LogP) is 3.70. The number of thioether (sulfide) groups is 1. The molecule has 24 heavy (non-hydrogen) atoms. The van der Waals surface area contributed by atoms with Crippen molar-refractivity contribution >= 4 is 45.9 Å². The molecular weight excluding hydrogens is 346 g/mol. The van der Waals surface area contributed by atoms with Crippen LogP contribution in [0.5, 0.6) is 0 Å². The molecule has 0 spiro atoms. The standard InChI is InChI=1S/C17H14ClN3O2S/c1-10(15(22)19-12-8-6-11(18)7-9-12)24-17-20-14-5-3-2-4-13(14)16(23)21-17/h2-10H,1H3,(H,19,22)(H,20,21,23). The highest BCUT2D eigenvalue weighted by molar-refractivity contribution is 8.00. The largest absolute Gasteiger partial charge is 0.325 e. The molecule has 0 fully saturated rings. The molecule has 3 aromatic rings. The van der Waals surface area contributed by atoms with Crippen LogP contribution in [0, 0.1) is 0 Å². The van der Waals surface area contributed by atoms with Crippen LogP contribution < -0.4 is 10.9 Å². The third kappa shape index (κ3) is 3.77. The van der Waals surface area contributed by atoms with Crippen LogP contribution in [-0.4, -0.2) is 21.1 Å². The Morgan fingerprint density at radius 1 is 1.21 bits per heavy atom. The molecule has 0 aliphatic carbocycles. The Morgan fingerprint density at radius 2 is 1.92 bits per heavy atom. The minimum absolute atomic E-state index is 0.182. The molecule has 1 amide bonds. The Hall–Kier alpha value is -2.31. The second-order valence-electron chi connectivity index (χ2n) is 5.14. The van der Waals surface area contributed by atoms with Gasteiger partial charge in [0.05, 0.1) is 16.2 Å². The van der Waals surface area contributed by atoms with E-state index in [0.29, 0.717) is 26.8 Å². The van der Waals surface area contributed by atoms with Gasteiger partial charge in [-0.05, 0) is 43.3 Å². The van der Waals surface area contributed by atoms with E-state index in [1.807, 2.05) is 6.07 Å². The highest BCUT2D eigenvalue weighted by Crippen LogP contribution is 2.22. The summed E-state index contributed by atoms with van der Waals surface area (Å²) in [5.41, 5.74) is 1.05. The normalized spacial score (nSPS) is 12.1. The van der Waals surface area contributed by atoms with E-state index in [1.54, 1.807) is 49.4 Å². The van der Waals surface area contributed by atoms with E-state index in [0.717, 1.165) is 0 Å². The number of para-hydroxylation sites is 1. The van der Waals surface area contributed by atoms with Crippen molar-refractivity contribution in [2.75, 3.05) is 5.32 Å². The fraction of sp³-hybridized carbons (Fsp3) is 0.118. The summed E-state index contributed by atoms with van der Waals surface area (Å²) >= 11 is 7.02. The average Bonchev–Trinajstić information content (AvgIpc) is 2.57. The lowest BCUT2D eigenvalue weighted by atomic mass is 10.2. The topological polar surface area (TPSA) is 74.8 Å². The maximum absolute atomic E-state index is 12.3. The first-order valence-electron chi connectivity index (χ1n) is 7.25. The van der Waals surface area contributed by atoms with Crippen LogP contribution in [0.4, 0.5) is 5.69 Å². The minimum Gasteiger partial charge on any atom is -0.325 e. The average molecular weight is 360 g/mol. The van der Waals surface area contributed by atoms with Crippen LogP contribution in [0.1, 0.15) is 6.92 Å². The van der Waals surface area contributed by atoms with Gasteiger partial charge in [0.1, 0.15) is 0 Å². The Morgan fingerprint density at radius 3 is 2.67 bits per heavy atom. The summed E-state index contributed by atoms with van der Waals surface area (Å²) in [7, 11) is 0. The number of hydrogen-bond donors (Lipinski definition) is 2. The molecule has 1 atom stereocenters. The van der Waals surface area contributed by atoms with Crippen molar-refractivity contribution in [3.05, 3.63) is 63.9 Å². The molecule has 0 radical (unpaired) electrons. The number of rotatable bonds is 4. The number of H-pyrrole nitrogens is 1. The smallest absolute Gasteiger partial charge is 0.259 e. The first-order chi connectivity index (χ1) is 11.5. The fourth-order valence-electron chi connectivity index (χ4n) is 2.12. The van der Waals surface area contributed by atoms with E-state index < -0.39 is 5.25 Å². The molecule has 5 nitrogen and oxygen atoms in total. The molecule has 3 rings (SSSR count). The van der Waals surface area contributed by atoms with Gasteiger partial charge in [0.2, 0.25) is 5.91 Å². The van der Waals surface area contributed by atoms with Gasteiger partial charge in [0, 0.05) is 10.7 Å². The summed E-state index contributed by atoms with van der Waals surface area (Å²) in [4.78, 5) is 31.4. The Kier molecular flexibility index (Phi) is 4.87. The number of carbonyl (C=O) groups excluding carboxylic acids is 1. The zero-order valence-corrected chi connectivity index (χ0v) is 14.3. The van der Waals surface area contributed by atoms with Gasteiger partial charge >= 0.3 is 0 Å². The van der Waals surface area contributed by atoms with Crippen LogP contribution in [0.15, 0.2) is 58.5 Å². The molecule has 0 saturated carbocycles. The maximum atomic E-state index is 12.3. The van der Waals surface area contributed by atoms with Gasteiger partial charge < -0.3 is 10.3 Å². The number of anilines is 1. The van der Waals surface area contributed by atoms with Crippen molar-refractivity contribution in [2.24, 2.45) is 0 Å². The Labute approximate surface area is 147 Å². The van der Waals surface area contributed by atoms with Gasteiger partial charge in [-0.25, -0.2) is 4.98 Å². The molecular formula is C17H14ClN3O2S. The van der Waals surface area contributed by atoms with Gasteiger partial charge in [-0.1, -0.05) is 35.5 Å². The lowest BCUT2D eigenvalue weighted by Gasteiger charge is -2.11. The lowest BCUT2D eigenvalue weighted by Crippen LogP contribution is -2.23. The van der Waals surface area contributed by atoms with E-state index in [9.17, 15) is 9.59 Å². The van der Waals surface area contributed by atoms with Gasteiger partial charge in [0.15, 0.2) is 5.16 Å². The molecule has 1 heterocycles. The summed E-state index contributed by atoms with van der Waals surface area (Å²) in [5.74, 6) is -0.182. The number of halogens is 1. The zero-order valence-electron chi connectivity index (χ0n) is 12.7. The number of fused-ring (bicyclic) bond motifs is 1. The quantitative estimate of drug-likeness (QED) is 0.550. The van der Waals surface area contributed by atoms with Crippen LogP contribution >= 0.6 is 23.4 Å². The summed E-state index contributed by atoms with van der Waals surface area (Å²) in [5, 5.41) is 3.92. The van der Waals surface area contributed by atoms with Crippen LogP contribution in [0.2, 0.25) is 5.02 Å². The number of amides is 1. The third-order valence-electron chi connectivity index (χ3n) is 3.36. The van der Waals surface area contributed by atoms with Crippen molar-refractivity contribution in [2.45, 2.75) is 17.3 Å². The van der Waals surface area contributed by atoms with Gasteiger partial charge in [-0.15, -0.1) is 0 Å². The molecule has 0 aliphatic heterocycles. The molecule has 2 aromatic carbocycles. The zero-order chi connectivity index (χ0) is 17.1. The number of benzene rings is 2. The second kappa shape index (κ2) is 7.07. The number of nitrogens with one attached hydrogen (secondary N) is 2. The van der Waals surface area contributed by atoms with Crippen molar-refractivity contribution in [1.29, 1.82) is 0 Å². The van der Waals surface area contributed by atoms with Crippen molar-refractivity contribution < 1.29 is 4.79 Å². The molecule has 0 saturated heterocycles. The van der Waals surface area contributed by atoms with Crippen molar-refractivity contribution in [1.82, 2.24) is 9.97 Å². The van der Waals surface area contributed by atoms with E-state index in [1.165, 1.54) is 11.8 Å². The molecule has 0 bridgehead atoms. The van der Waals surface area contributed by atoms with Gasteiger partial charge in [-0.3, -0.25) is 9.59 Å². The third-order valence-corrected chi connectivity index (χ3v) is 4.60. The highest BCUT2D eigenvalue weighted by atomic mass is 35.5. The SMILES string of the molecule is CC(Sc1nc2ccccc2c(=O)[nH]1)C(=O)Nc1ccc(Cl)cc1. The van der Waals surface area contributed by atoms with Crippen molar-refractivity contribution in [3.63, 3.8) is 0 Å². The fourth-order valence-corrected chi connectivity index (χ4v) is 3.05. The Bertz CT molecular complexity index is 940. The summed E-state index contributed by atoms with van der Waals surface area (Å²) < 4.78 is 0. The van der Waals surface area contributed by atoms with E-state index >= 15 is 0 Å². The predicted molar refractivity (Wildman–Crippen MR) is 97.8 cm³/mol. The molecule has 1 aromatic heterocycles. The van der Waals surface area contributed by atoms with Crippen LogP contribution in [0.3, 0.4) is 0 Å². The molecule has 0 aliphatic rings. The number of carbonyl (C=O) groups is 1. The summed E-state index contributed by atoms with van der Waals surface area (Å²) in [6.45, 7) is 1.76. The second-order valence-corrected chi connectivity index (χ2v) is 6.91. The van der Waals surface area contributed by atoms with Crippen molar-refractivity contribution in [3.8, 4) is 0 Å². The molecule has 7 heteroatoms. The maximum Gasteiger partial charge on any atom is 0.259 e.